The summed E-state index contributed by atoms with van der Waals surface area (Å²) in [7, 11) is -7.50. The molecule has 7 nitrogen and oxygen atoms in total. The van der Waals surface area contributed by atoms with Gasteiger partial charge in [-0.05, 0) is 29.3 Å². The van der Waals surface area contributed by atoms with Crippen LogP contribution in [0.2, 0.25) is 0 Å². The smallest absolute Gasteiger partial charge is 0.186 e. The Labute approximate surface area is 177 Å². The molecule has 2 aromatic carbocycles. The van der Waals surface area contributed by atoms with Crippen LogP contribution in [0, 0.1) is 0 Å². The van der Waals surface area contributed by atoms with Gasteiger partial charge in [-0.25, -0.2) is 16.8 Å². The van der Waals surface area contributed by atoms with Gasteiger partial charge in [-0.3, -0.25) is 9.80 Å². The molecule has 0 aromatic heterocycles. The van der Waals surface area contributed by atoms with Crippen molar-refractivity contribution in [3.05, 3.63) is 59.7 Å². The van der Waals surface area contributed by atoms with Crippen molar-refractivity contribution >= 4 is 19.7 Å². The fourth-order valence-corrected chi connectivity index (χ4v) is 8.73. The van der Waals surface area contributed by atoms with E-state index in [1.807, 2.05) is 6.07 Å². The van der Waals surface area contributed by atoms with E-state index in [2.05, 4.69) is 9.80 Å². The van der Waals surface area contributed by atoms with E-state index in [1.54, 1.807) is 24.3 Å². The predicted octanol–water partition coefficient (Wildman–Crippen LogP) is 1.10. The normalized spacial score (nSPS) is 22.1. The molecule has 1 atom stereocenters. The second-order valence-electron chi connectivity index (χ2n) is 7.80. The number of benzene rings is 2. The van der Waals surface area contributed by atoms with Crippen LogP contribution in [0.5, 0.6) is 0 Å². The van der Waals surface area contributed by atoms with Gasteiger partial charge in [0.1, 0.15) is 5.25 Å². The summed E-state index contributed by atoms with van der Waals surface area (Å²) in [6.07, 6.45) is 0. The molecule has 0 radical (unpaired) electrons. The number of β-amino-alcohol motifs (C(OH)–C–C–N with tert-alkyl or cyclic N) is 1. The topological polar surface area (TPSA) is 95.0 Å². The number of hydrogen-bond donors (Lipinski definition) is 1. The molecule has 2 aliphatic rings. The van der Waals surface area contributed by atoms with E-state index in [9.17, 15) is 16.8 Å². The van der Waals surface area contributed by atoms with Gasteiger partial charge in [0.25, 0.3) is 0 Å². The van der Waals surface area contributed by atoms with Crippen LogP contribution in [-0.2, 0) is 26.2 Å². The molecule has 1 N–H and O–H groups in total. The van der Waals surface area contributed by atoms with Crippen molar-refractivity contribution in [2.45, 2.75) is 21.6 Å². The molecule has 0 bridgehead atoms. The largest absolute Gasteiger partial charge is 0.395 e. The lowest BCUT2D eigenvalue weighted by molar-refractivity contribution is 0.108. The molecular formula is C21H26N2O5S2. The van der Waals surface area contributed by atoms with Crippen LogP contribution in [-0.4, -0.2) is 76.8 Å². The van der Waals surface area contributed by atoms with Crippen molar-refractivity contribution in [2.24, 2.45) is 0 Å². The molecule has 1 fully saturated rings. The van der Waals surface area contributed by atoms with Crippen molar-refractivity contribution in [3.63, 3.8) is 0 Å². The zero-order valence-electron chi connectivity index (χ0n) is 16.6. The van der Waals surface area contributed by atoms with E-state index in [4.69, 9.17) is 5.11 Å². The van der Waals surface area contributed by atoms with E-state index in [-0.39, 0.29) is 16.4 Å². The number of hydrogen-bond acceptors (Lipinski definition) is 7. The van der Waals surface area contributed by atoms with Gasteiger partial charge in [-0.2, -0.15) is 0 Å². The van der Waals surface area contributed by atoms with Crippen molar-refractivity contribution in [1.29, 1.82) is 0 Å². The highest BCUT2D eigenvalue weighted by molar-refractivity contribution is 7.96. The van der Waals surface area contributed by atoms with Crippen molar-refractivity contribution in [3.8, 4) is 0 Å². The maximum absolute atomic E-state index is 13.3. The molecule has 2 aromatic rings. The summed E-state index contributed by atoms with van der Waals surface area (Å²) in [6, 6.07) is 13.1. The Morgan fingerprint density at radius 1 is 0.933 bits per heavy atom. The number of aliphatic hydroxyl groups excluding tert-OH is 1. The average Bonchev–Trinajstić information content (AvgIpc) is 3.03. The van der Waals surface area contributed by atoms with E-state index in [0.29, 0.717) is 18.7 Å². The van der Waals surface area contributed by atoms with Crippen LogP contribution in [0.3, 0.4) is 0 Å². The zero-order chi connectivity index (χ0) is 21.4. The number of fused-ring (bicyclic) bond motifs is 1. The van der Waals surface area contributed by atoms with E-state index in [1.165, 1.54) is 18.2 Å². The Hall–Kier alpha value is -1.78. The van der Waals surface area contributed by atoms with Crippen LogP contribution in [0.4, 0.5) is 0 Å². The van der Waals surface area contributed by atoms with Crippen LogP contribution in [0.15, 0.2) is 58.3 Å². The summed E-state index contributed by atoms with van der Waals surface area (Å²) in [5.41, 5.74) is 1.19. The van der Waals surface area contributed by atoms with Crippen LogP contribution in [0.25, 0.3) is 0 Å². The molecule has 2 heterocycles. The van der Waals surface area contributed by atoms with Gasteiger partial charge in [-0.1, -0.05) is 30.3 Å². The molecular weight excluding hydrogens is 424 g/mol. The number of aliphatic hydroxyl groups is 1. The highest BCUT2D eigenvalue weighted by Crippen LogP contribution is 2.43. The molecule has 9 heteroatoms. The Morgan fingerprint density at radius 2 is 1.60 bits per heavy atom. The first-order chi connectivity index (χ1) is 14.3. The minimum atomic E-state index is -3.84. The highest BCUT2D eigenvalue weighted by atomic mass is 32.2. The Bertz CT molecular complexity index is 1110. The quantitative estimate of drug-likeness (QED) is 0.704. The lowest BCUT2D eigenvalue weighted by Crippen LogP contribution is -2.46. The first kappa shape index (κ1) is 21.5. The van der Waals surface area contributed by atoms with Crippen molar-refractivity contribution in [1.82, 2.24) is 9.80 Å². The number of piperazine rings is 1. The molecule has 0 aliphatic carbocycles. The molecule has 2 aliphatic heterocycles. The molecule has 30 heavy (non-hydrogen) atoms. The van der Waals surface area contributed by atoms with Gasteiger partial charge in [0.15, 0.2) is 19.7 Å². The Kier molecular flexibility index (Phi) is 6.00. The average molecular weight is 451 g/mol. The van der Waals surface area contributed by atoms with E-state index >= 15 is 0 Å². The number of sulfone groups is 2. The molecule has 1 saturated heterocycles. The summed E-state index contributed by atoms with van der Waals surface area (Å²) in [4.78, 5) is 4.67. The zero-order valence-corrected chi connectivity index (χ0v) is 18.3. The molecule has 4 rings (SSSR count). The Morgan fingerprint density at radius 3 is 2.27 bits per heavy atom. The lowest BCUT2D eigenvalue weighted by Gasteiger charge is -2.34. The minimum absolute atomic E-state index is 0.128. The van der Waals surface area contributed by atoms with Gasteiger partial charge in [0.05, 0.1) is 22.2 Å². The molecule has 1 unspecified atom stereocenters. The van der Waals surface area contributed by atoms with E-state index < -0.39 is 30.7 Å². The Balaban J connectivity index is 1.67. The summed E-state index contributed by atoms with van der Waals surface area (Å²) < 4.78 is 52.3. The van der Waals surface area contributed by atoms with Gasteiger partial charge < -0.3 is 5.11 Å². The summed E-state index contributed by atoms with van der Waals surface area (Å²) in [6.45, 7) is 4.48. The van der Waals surface area contributed by atoms with Crippen molar-refractivity contribution < 1.29 is 21.9 Å². The first-order valence-electron chi connectivity index (χ1n) is 10.0. The second-order valence-corrected chi connectivity index (χ2v) is 11.9. The van der Waals surface area contributed by atoms with Crippen LogP contribution >= 0.6 is 0 Å². The van der Waals surface area contributed by atoms with Gasteiger partial charge in [-0.15, -0.1) is 0 Å². The first-order valence-corrected chi connectivity index (χ1v) is 13.2. The third kappa shape index (κ3) is 4.04. The lowest BCUT2D eigenvalue weighted by atomic mass is 10.0. The fraction of sp³-hybridized carbons (Fsp3) is 0.429. The maximum Gasteiger partial charge on any atom is 0.186 e. The van der Waals surface area contributed by atoms with Crippen LogP contribution in [0.1, 0.15) is 16.4 Å². The maximum atomic E-state index is 13.3. The second kappa shape index (κ2) is 8.39. The van der Waals surface area contributed by atoms with Crippen LogP contribution < -0.4 is 0 Å². The SMILES string of the molecule is O=S1(=O)CC(S(=O)(=O)c2ccccc2)c2c(CN3CCN(CCO)CC3)cccc21. The summed E-state index contributed by atoms with van der Waals surface area (Å²) in [5, 5.41) is 8.01. The van der Waals surface area contributed by atoms with Gasteiger partial charge in [0, 0.05) is 39.3 Å². The predicted molar refractivity (Wildman–Crippen MR) is 114 cm³/mol. The molecule has 0 saturated carbocycles. The fourth-order valence-electron chi connectivity index (χ4n) is 4.31. The standard InChI is InChI=1S/C21H26N2O5S2/c24-14-13-22-9-11-23(12-10-22)15-17-5-4-8-19-21(17)20(16-29(19,25)26)30(27,28)18-6-2-1-3-7-18/h1-8,20,24H,9-16H2. The third-order valence-electron chi connectivity index (χ3n) is 5.91. The minimum Gasteiger partial charge on any atom is -0.395 e. The van der Waals surface area contributed by atoms with Gasteiger partial charge >= 0.3 is 0 Å². The molecule has 162 valence electrons. The summed E-state index contributed by atoms with van der Waals surface area (Å²) in [5.74, 6) is -0.416. The number of nitrogens with zero attached hydrogens (tertiary/aromatic N) is 2. The summed E-state index contributed by atoms with van der Waals surface area (Å²) >= 11 is 0. The molecule has 0 spiro atoms. The number of rotatable bonds is 6. The highest BCUT2D eigenvalue weighted by Gasteiger charge is 2.44. The monoisotopic (exact) mass is 450 g/mol. The third-order valence-corrected chi connectivity index (χ3v) is 10.00. The molecule has 0 amide bonds. The van der Waals surface area contributed by atoms with Gasteiger partial charge in [0.2, 0.25) is 0 Å². The van der Waals surface area contributed by atoms with Crippen molar-refractivity contribution in [2.75, 3.05) is 45.1 Å². The van der Waals surface area contributed by atoms with E-state index in [0.717, 1.165) is 31.7 Å².